The van der Waals surface area contributed by atoms with Gasteiger partial charge in [-0.25, -0.2) is 3.21 Å². The molecule has 0 N–H and O–H groups in total. The van der Waals surface area contributed by atoms with Gasteiger partial charge in [-0.3, -0.25) is 0 Å². The molecule has 8 heavy (non-hydrogen) atoms. The maximum absolute atomic E-state index is 4.00. The van der Waals surface area contributed by atoms with Crippen molar-refractivity contribution in [3.8, 4) is 0 Å². The van der Waals surface area contributed by atoms with Crippen molar-refractivity contribution in [1.29, 1.82) is 0 Å². The quantitative estimate of drug-likeness (QED) is 0.554. The molecule has 0 aromatic rings. The fourth-order valence-electron chi connectivity index (χ4n) is 0.565. The minimum absolute atomic E-state index is 0.986. The highest BCUT2D eigenvalue weighted by molar-refractivity contribution is 14.1. The van der Waals surface area contributed by atoms with Crippen LogP contribution in [0.25, 0.3) is 0 Å². The van der Waals surface area contributed by atoms with Crippen LogP contribution in [0.3, 0.4) is 0 Å². The number of nitrogens with zero attached hydrogens (tertiary/aromatic N) is 1. The lowest BCUT2D eigenvalue weighted by molar-refractivity contribution is 1.46. The van der Waals surface area contributed by atoms with Crippen molar-refractivity contribution < 1.29 is 0 Å². The molecule has 0 aromatic heterocycles. The average Bonchev–Trinajstić information content (AvgIpc) is 1.90. The van der Waals surface area contributed by atoms with Crippen LogP contribution in [0.2, 0.25) is 0 Å². The lowest BCUT2D eigenvalue weighted by Gasteiger charge is -1.94. The number of halogens is 1. The number of rotatable bonds is 0. The maximum Gasteiger partial charge on any atom is 0.0834 e. The summed E-state index contributed by atoms with van der Waals surface area (Å²) in [4.78, 5) is 0. The topological polar surface area (TPSA) is 12.4 Å². The van der Waals surface area contributed by atoms with Crippen molar-refractivity contribution in [3.63, 3.8) is 0 Å². The third-order valence-corrected chi connectivity index (χ3v) is 1.59. The van der Waals surface area contributed by atoms with Gasteiger partial charge in [-0.05, 0) is 6.08 Å². The number of hydrogen-bond donors (Lipinski definition) is 0. The van der Waals surface area contributed by atoms with Crippen molar-refractivity contribution in [3.05, 3.63) is 24.3 Å². The highest BCUT2D eigenvalue weighted by atomic mass is 127. The summed E-state index contributed by atoms with van der Waals surface area (Å²) >= 11 is 2.01. The van der Waals surface area contributed by atoms with E-state index in [0.717, 1.165) is 12.1 Å². The van der Waals surface area contributed by atoms with Crippen LogP contribution in [0.4, 0.5) is 0 Å². The lowest BCUT2D eigenvalue weighted by atomic mass is 10.2. The smallest absolute Gasteiger partial charge is 0.0834 e. The summed E-state index contributed by atoms with van der Waals surface area (Å²) in [5, 5.41) is 0. The van der Waals surface area contributed by atoms with Crippen molar-refractivity contribution >= 4 is 28.6 Å². The minimum Gasteiger partial charge on any atom is -0.219 e. The Hall–Kier alpha value is -0.120. The van der Waals surface area contributed by atoms with E-state index < -0.39 is 0 Å². The molecule has 2 heteroatoms. The molecule has 0 unspecified atom stereocenters. The molecule has 0 radical (unpaired) electrons. The normalized spacial score (nSPS) is 22.4. The zero-order valence-electron chi connectivity index (χ0n) is 4.34. The third kappa shape index (κ3) is 1.43. The van der Waals surface area contributed by atoms with Crippen LogP contribution >= 0.6 is 22.9 Å². The van der Waals surface area contributed by atoms with Gasteiger partial charge in [0.1, 0.15) is 0 Å². The highest BCUT2D eigenvalue weighted by Gasteiger charge is 1.90. The van der Waals surface area contributed by atoms with Crippen LogP contribution < -0.4 is 0 Å². The van der Waals surface area contributed by atoms with E-state index in [1.807, 2.05) is 41.1 Å². The second-order valence-electron chi connectivity index (χ2n) is 1.57. The molecule has 1 aliphatic carbocycles. The molecule has 0 aliphatic heterocycles. The Morgan fingerprint density at radius 2 is 2.38 bits per heavy atom. The number of hydrogen-bond acceptors (Lipinski definition) is 1. The molecule has 0 heterocycles. The molecule has 0 fully saturated rings. The molecule has 1 rings (SSSR count). The number of allylic oxidation sites excluding steroid dienone is 4. The van der Waals surface area contributed by atoms with Crippen LogP contribution in [0.1, 0.15) is 6.42 Å². The molecular formula is C6H6IN. The average molecular weight is 219 g/mol. The maximum atomic E-state index is 4.00. The molecule has 0 saturated carbocycles. The van der Waals surface area contributed by atoms with E-state index in [-0.39, 0.29) is 0 Å². The van der Waals surface area contributed by atoms with Gasteiger partial charge in [0, 0.05) is 6.42 Å². The Kier molecular flexibility index (Phi) is 2.27. The van der Waals surface area contributed by atoms with Gasteiger partial charge in [0.2, 0.25) is 0 Å². The van der Waals surface area contributed by atoms with Crippen LogP contribution in [0, 0.1) is 0 Å². The predicted octanol–water partition coefficient (Wildman–Crippen LogP) is 2.29. The van der Waals surface area contributed by atoms with Gasteiger partial charge in [0.15, 0.2) is 0 Å². The van der Waals surface area contributed by atoms with E-state index in [1.165, 1.54) is 0 Å². The zero-order chi connectivity index (χ0) is 5.82. The molecule has 0 amide bonds. The van der Waals surface area contributed by atoms with E-state index in [0.29, 0.717) is 0 Å². The molecule has 0 spiro atoms. The van der Waals surface area contributed by atoms with Gasteiger partial charge in [-0.1, -0.05) is 18.2 Å². The molecule has 1 nitrogen and oxygen atoms in total. The molecule has 0 aromatic carbocycles. The van der Waals surface area contributed by atoms with Crippen molar-refractivity contribution in [2.45, 2.75) is 6.42 Å². The van der Waals surface area contributed by atoms with Crippen LogP contribution in [0.5, 0.6) is 0 Å². The van der Waals surface area contributed by atoms with Crippen molar-refractivity contribution in [2.75, 3.05) is 0 Å². The lowest BCUT2D eigenvalue weighted by Crippen LogP contribution is -1.90. The van der Waals surface area contributed by atoms with Gasteiger partial charge in [-0.15, -0.1) is 0 Å². The Labute approximate surface area is 62.7 Å². The first-order valence-corrected chi connectivity index (χ1v) is 3.41. The summed E-state index contributed by atoms with van der Waals surface area (Å²) in [7, 11) is 0. The monoisotopic (exact) mass is 219 g/mol. The second kappa shape index (κ2) is 3.02. The Balaban J connectivity index is 2.66. The van der Waals surface area contributed by atoms with Gasteiger partial charge in [-0.2, -0.15) is 0 Å². The minimum atomic E-state index is 0.986. The first-order chi connectivity index (χ1) is 3.93. The van der Waals surface area contributed by atoms with E-state index in [4.69, 9.17) is 0 Å². The summed E-state index contributed by atoms with van der Waals surface area (Å²) in [6.07, 6.45) is 9.13. The van der Waals surface area contributed by atoms with Gasteiger partial charge < -0.3 is 0 Å². The standard InChI is InChI=1S/C6H6IN/c7-8-6-4-2-1-3-5-6/h1-4H,5H2. The molecule has 1 aliphatic rings. The first kappa shape index (κ1) is 6.01. The summed E-state index contributed by atoms with van der Waals surface area (Å²) in [5.74, 6) is 0. The van der Waals surface area contributed by atoms with E-state index >= 15 is 0 Å². The summed E-state index contributed by atoms with van der Waals surface area (Å²) in [6, 6.07) is 0. The van der Waals surface area contributed by atoms with Gasteiger partial charge in [0.25, 0.3) is 0 Å². The van der Waals surface area contributed by atoms with E-state index in [1.54, 1.807) is 0 Å². The molecule has 42 valence electrons. The Morgan fingerprint density at radius 3 is 2.75 bits per heavy atom. The van der Waals surface area contributed by atoms with Crippen LogP contribution in [-0.2, 0) is 0 Å². The summed E-state index contributed by atoms with van der Waals surface area (Å²) in [6.45, 7) is 0. The molecular weight excluding hydrogens is 213 g/mol. The SMILES string of the molecule is IN=C1C=CC=CC1. The Bertz CT molecular complexity index is 156. The van der Waals surface area contributed by atoms with Crippen molar-refractivity contribution in [1.82, 2.24) is 0 Å². The van der Waals surface area contributed by atoms with E-state index in [9.17, 15) is 0 Å². The van der Waals surface area contributed by atoms with Crippen molar-refractivity contribution in [2.24, 2.45) is 3.21 Å². The largest absolute Gasteiger partial charge is 0.219 e. The summed E-state index contributed by atoms with van der Waals surface area (Å²) in [5.41, 5.74) is 1.15. The Morgan fingerprint density at radius 1 is 1.50 bits per heavy atom. The predicted molar refractivity (Wildman–Crippen MR) is 44.4 cm³/mol. The second-order valence-corrected chi connectivity index (χ2v) is 2.05. The summed E-state index contributed by atoms with van der Waals surface area (Å²) < 4.78 is 4.00. The van der Waals surface area contributed by atoms with Crippen LogP contribution in [0.15, 0.2) is 27.5 Å². The first-order valence-electron chi connectivity index (χ1n) is 2.44. The molecule has 0 bridgehead atoms. The van der Waals surface area contributed by atoms with Gasteiger partial charge in [0.05, 0.1) is 28.6 Å². The zero-order valence-corrected chi connectivity index (χ0v) is 6.50. The van der Waals surface area contributed by atoms with Crippen LogP contribution in [-0.4, -0.2) is 5.71 Å². The van der Waals surface area contributed by atoms with E-state index in [2.05, 4.69) is 9.28 Å². The van der Waals surface area contributed by atoms with Gasteiger partial charge >= 0.3 is 0 Å². The fourth-order valence-corrected chi connectivity index (χ4v) is 0.922. The third-order valence-electron chi connectivity index (χ3n) is 0.971. The molecule has 0 atom stereocenters. The fraction of sp³-hybridized carbons (Fsp3) is 0.167. The highest BCUT2D eigenvalue weighted by Crippen LogP contribution is 2.01. The molecule has 0 saturated heterocycles.